The van der Waals surface area contributed by atoms with Gasteiger partial charge in [-0.05, 0) is 26.2 Å². The van der Waals surface area contributed by atoms with Crippen molar-refractivity contribution in [3.63, 3.8) is 0 Å². The Morgan fingerprint density at radius 2 is 1.92 bits per heavy atom. The zero-order chi connectivity index (χ0) is 18.7. The van der Waals surface area contributed by atoms with Gasteiger partial charge in [-0.15, -0.1) is 0 Å². The molecule has 2 amide bonds. The van der Waals surface area contributed by atoms with Gasteiger partial charge in [0.1, 0.15) is 5.15 Å². The number of hydrogen-bond donors (Lipinski definition) is 1. The summed E-state index contributed by atoms with van der Waals surface area (Å²) in [5.41, 5.74) is 1.20. The molecule has 2 heterocycles. The smallest absolute Gasteiger partial charge is 0.258 e. The van der Waals surface area contributed by atoms with E-state index in [-0.39, 0.29) is 11.8 Å². The number of piperazine rings is 1. The summed E-state index contributed by atoms with van der Waals surface area (Å²) >= 11 is 6.42. The van der Waals surface area contributed by atoms with Gasteiger partial charge in [0.25, 0.3) is 5.91 Å². The number of unbranched alkanes of at least 4 members (excludes halogenated alkanes) is 1. The van der Waals surface area contributed by atoms with E-state index in [0.717, 1.165) is 32.2 Å². The highest BCUT2D eigenvalue weighted by atomic mass is 35.5. The second kappa shape index (κ2) is 8.39. The maximum absolute atomic E-state index is 12.9. The molecule has 0 bridgehead atoms. The van der Waals surface area contributed by atoms with Crippen LogP contribution in [0, 0.1) is 6.92 Å². The quantitative estimate of drug-likeness (QED) is 0.780. The van der Waals surface area contributed by atoms with Gasteiger partial charge in [0, 0.05) is 38.8 Å². The summed E-state index contributed by atoms with van der Waals surface area (Å²) in [5, 5.41) is 7.87. The molecule has 8 heteroatoms. The Hall–Kier alpha value is -1.60. The topological polar surface area (TPSA) is 70.5 Å². The van der Waals surface area contributed by atoms with Crippen LogP contribution in [0.1, 0.15) is 48.7 Å². The summed E-state index contributed by atoms with van der Waals surface area (Å²) < 4.78 is 1.73. The van der Waals surface area contributed by atoms with Crippen LogP contribution in [0.15, 0.2) is 0 Å². The van der Waals surface area contributed by atoms with E-state index in [0.29, 0.717) is 55.2 Å². The van der Waals surface area contributed by atoms with E-state index in [1.807, 2.05) is 11.8 Å². The molecule has 1 aromatic rings. The maximum Gasteiger partial charge on any atom is 0.258 e. The lowest BCUT2D eigenvalue weighted by Gasteiger charge is -2.34. The van der Waals surface area contributed by atoms with Crippen molar-refractivity contribution >= 4 is 23.4 Å². The molecule has 0 aromatic carbocycles. The molecule has 0 spiro atoms. The standard InChI is InChI=1S/C18H28ClN5O2/c1-3-4-7-24-17(19)16(13(2)21-24)18(26)23-10-8-22(9-11-23)12-15(25)20-14-5-6-14/h14H,3-12H2,1-2H3,(H,20,25). The Bertz CT molecular complexity index is 663. The number of halogens is 1. The van der Waals surface area contributed by atoms with E-state index >= 15 is 0 Å². The molecular formula is C18H28ClN5O2. The van der Waals surface area contributed by atoms with Gasteiger partial charge in [0.2, 0.25) is 5.91 Å². The average Bonchev–Trinajstić information content (AvgIpc) is 3.37. The second-order valence-electron chi connectivity index (χ2n) is 7.24. The molecule has 1 aliphatic carbocycles. The van der Waals surface area contributed by atoms with Crippen LogP contribution < -0.4 is 5.32 Å². The molecule has 3 rings (SSSR count). The first-order chi connectivity index (χ1) is 12.5. The number of carbonyl (C=O) groups excluding carboxylic acids is 2. The van der Waals surface area contributed by atoms with Crippen LogP contribution in [0.4, 0.5) is 0 Å². The lowest BCUT2D eigenvalue weighted by molar-refractivity contribution is -0.122. The van der Waals surface area contributed by atoms with Crippen molar-refractivity contribution in [1.29, 1.82) is 0 Å². The highest BCUT2D eigenvalue weighted by Gasteiger charge is 2.29. The summed E-state index contributed by atoms with van der Waals surface area (Å²) in [5.74, 6) is 0.0284. The van der Waals surface area contributed by atoms with E-state index < -0.39 is 0 Å². The lowest BCUT2D eigenvalue weighted by Crippen LogP contribution is -2.51. The second-order valence-corrected chi connectivity index (χ2v) is 7.60. The van der Waals surface area contributed by atoms with Crippen molar-refractivity contribution in [2.45, 2.75) is 52.1 Å². The number of aromatic nitrogens is 2. The maximum atomic E-state index is 12.9. The minimum Gasteiger partial charge on any atom is -0.352 e. The predicted molar refractivity (Wildman–Crippen MR) is 100 cm³/mol. The van der Waals surface area contributed by atoms with Gasteiger partial charge in [0.15, 0.2) is 0 Å². The Kier molecular flexibility index (Phi) is 6.19. The minimum absolute atomic E-state index is 0.0580. The van der Waals surface area contributed by atoms with Gasteiger partial charge in [-0.25, -0.2) is 0 Å². The fraction of sp³-hybridized carbons (Fsp3) is 0.722. The van der Waals surface area contributed by atoms with E-state index in [2.05, 4.69) is 22.2 Å². The SMILES string of the molecule is CCCCn1nc(C)c(C(=O)N2CCN(CC(=O)NC3CC3)CC2)c1Cl. The molecular weight excluding hydrogens is 354 g/mol. The number of nitrogens with zero attached hydrogens (tertiary/aromatic N) is 4. The minimum atomic E-state index is -0.0580. The van der Waals surface area contributed by atoms with E-state index in [1.54, 1.807) is 4.68 Å². The third kappa shape index (κ3) is 4.57. The number of aryl methyl sites for hydroxylation is 2. The fourth-order valence-corrected chi connectivity index (χ4v) is 3.56. The number of nitrogens with one attached hydrogen (secondary N) is 1. The number of carbonyl (C=O) groups is 2. The number of rotatable bonds is 7. The number of hydrogen-bond acceptors (Lipinski definition) is 4. The Morgan fingerprint density at radius 1 is 1.23 bits per heavy atom. The van der Waals surface area contributed by atoms with Crippen molar-refractivity contribution in [2.75, 3.05) is 32.7 Å². The molecule has 1 saturated carbocycles. The Labute approximate surface area is 159 Å². The first-order valence-electron chi connectivity index (χ1n) is 9.53. The molecule has 7 nitrogen and oxygen atoms in total. The van der Waals surface area contributed by atoms with Crippen molar-refractivity contribution < 1.29 is 9.59 Å². The third-order valence-corrected chi connectivity index (χ3v) is 5.36. The van der Waals surface area contributed by atoms with Crippen molar-refractivity contribution in [2.24, 2.45) is 0 Å². The molecule has 0 atom stereocenters. The van der Waals surface area contributed by atoms with Gasteiger partial charge < -0.3 is 10.2 Å². The molecule has 0 radical (unpaired) electrons. The third-order valence-electron chi connectivity index (χ3n) is 4.97. The first kappa shape index (κ1) is 19.2. The summed E-state index contributed by atoms with van der Waals surface area (Å²) in [6.45, 7) is 7.69. The summed E-state index contributed by atoms with van der Waals surface area (Å²) in [4.78, 5) is 28.7. The Balaban J connectivity index is 1.54. The molecule has 2 fully saturated rings. The van der Waals surface area contributed by atoms with Crippen molar-refractivity contribution in [3.05, 3.63) is 16.4 Å². The predicted octanol–water partition coefficient (Wildman–Crippen LogP) is 1.68. The molecule has 0 unspecified atom stereocenters. The van der Waals surface area contributed by atoms with Crippen molar-refractivity contribution in [1.82, 2.24) is 24.9 Å². The van der Waals surface area contributed by atoms with Gasteiger partial charge in [-0.2, -0.15) is 5.10 Å². The van der Waals surface area contributed by atoms with Crippen LogP contribution >= 0.6 is 11.6 Å². The zero-order valence-electron chi connectivity index (χ0n) is 15.6. The fourth-order valence-electron chi connectivity index (χ4n) is 3.22. The van der Waals surface area contributed by atoms with Crippen LogP contribution in [-0.2, 0) is 11.3 Å². The largest absolute Gasteiger partial charge is 0.352 e. The van der Waals surface area contributed by atoms with E-state index in [4.69, 9.17) is 11.6 Å². The Morgan fingerprint density at radius 3 is 2.54 bits per heavy atom. The van der Waals surface area contributed by atoms with E-state index in [1.165, 1.54) is 0 Å². The summed E-state index contributed by atoms with van der Waals surface area (Å²) in [7, 11) is 0. The van der Waals surface area contributed by atoms with Gasteiger partial charge in [-0.3, -0.25) is 19.2 Å². The monoisotopic (exact) mass is 381 g/mol. The normalized spacial score (nSPS) is 18.2. The lowest BCUT2D eigenvalue weighted by atomic mass is 10.2. The average molecular weight is 382 g/mol. The molecule has 1 aromatic heterocycles. The van der Waals surface area contributed by atoms with Crippen molar-refractivity contribution in [3.8, 4) is 0 Å². The zero-order valence-corrected chi connectivity index (χ0v) is 16.4. The molecule has 26 heavy (non-hydrogen) atoms. The van der Waals surface area contributed by atoms with Crippen LogP contribution in [-0.4, -0.2) is 70.2 Å². The molecule has 1 N–H and O–H groups in total. The highest BCUT2D eigenvalue weighted by molar-refractivity contribution is 6.33. The van der Waals surface area contributed by atoms with E-state index in [9.17, 15) is 9.59 Å². The van der Waals surface area contributed by atoms with Crippen LogP contribution in [0.2, 0.25) is 5.15 Å². The van der Waals surface area contributed by atoms with Crippen LogP contribution in [0.5, 0.6) is 0 Å². The summed E-state index contributed by atoms with van der Waals surface area (Å²) in [6, 6.07) is 0.389. The molecule has 1 aliphatic heterocycles. The highest BCUT2D eigenvalue weighted by Crippen LogP contribution is 2.23. The molecule has 2 aliphatic rings. The van der Waals surface area contributed by atoms with Gasteiger partial charge >= 0.3 is 0 Å². The summed E-state index contributed by atoms with van der Waals surface area (Å²) in [6.07, 6.45) is 4.23. The first-order valence-corrected chi connectivity index (χ1v) is 9.91. The number of amides is 2. The molecule has 144 valence electrons. The van der Waals surface area contributed by atoms with Gasteiger partial charge in [-0.1, -0.05) is 24.9 Å². The van der Waals surface area contributed by atoms with Crippen LogP contribution in [0.3, 0.4) is 0 Å². The van der Waals surface area contributed by atoms with Gasteiger partial charge in [0.05, 0.1) is 17.8 Å². The molecule has 1 saturated heterocycles. The van der Waals surface area contributed by atoms with Crippen LogP contribution in [0.25, 0.3) is 0 Å².